The predicted octanol–water partition coefficient (Wildman–Crippen LogP) is -0.857. The summed E-state index contributed by atoms with van der Waals surface area (Å²) in [5.41, 5.74) is 2.11. The van der Waals surface area contributed by atoms with Crippen LogP contribution in [-0.4, -0.2) is 122 Å². The number of benzene rings is 1. The predicted molar refractivity (Wildman–Crippen MR) is 156 cm³/mol. The molecule has 15 atom stereocenters. The lowest BCUT2D eigenvalue weighted by Crippen LogP contribution is -2.65. The van der Waals surface area contributed by atoms with Crippen LogP contribution in [0.25, 0.3) is 0 Å². The van der Waals surface area contributed by atoms with Crippen molar-refractivity contribution in [1.82, 2.24) is 5.32 Å². The van der Waals surface area contributed by atoms with E-state index in [-0.39, 0.29) is 11.5 Å². The first-order valence-electron chi connectivity index (χ1n) is 16.1. The molecule has 14 heteroatoms. The summed E-state index contributed by atoms with van der Waals surface area (Å²) in [5, 5.41) is 73.4. The highest BCUT2D eigenvalue weighted by Crippen LogP contribution is 2.62. The number of nitrogens with one attached hydrogen (secondary N) is 1. The Balaban J connectivity index is 1.15. The lowest BCUT2D eigenvalue weighted by Gasteiger charge is -2.51. The first kappa shape index (κ1) is 33.5. The third-order valence-electron chi connectivity index (χ3n) is 11.2. The van der Waals surface area contributed by atoms with Crippen LogP contribution in [0.5, 0.6) is 5.75 Å². The van der Waals surface area contributed by atoms with Crippen molar-refractivity contribution in [2.75, 3.05) is 6.61 Å². The van der Waals surface area contributed by atoms with E-state index in [9.17, 15) is 45.3 Å². The zero-order valence-electron chi connectivity index (χ0n) is 25.8. The van der Waals surface area contributed by atoms with Crippen LogP contribution >= 0.6 is 0 Å². The van der Waals surface area contributed by atoms with Crippen molar-refractivity contribution in [3.8, 4) is 5.75 Å². The average Bonchev–Trinajstić information content (AvgIpc) is 3.36. The summed E-state index contributed by atoms with van der Waals surface area (Å²) >= 11 is 0. The first-order chi connectivity index (χ1) is 21.8. The topological polar surface area (TPSA) is 225 Å². The monoisotopic (exact) mass is 651 g/mol. The van der Waals surface area contributed by atoms with Gasteiger partial charge >= 0.3 is 5.97 Å². The molecule has 0 aromatic heterocycles. The van der Waals surface area contributed by atoms with Gasteiger partial charge in [0.25, 0.3) is 0 Å². The molecule has 4 fully saturated rings. The molecule has 256 valence electrons. The van der Waals surface area contributed by atoms with Gasteiger partial charge < -0.3 is 60.0 Å². The minimum Gasteiger partial charge on any atom is -0.479 e. The van der Waals surface area contributed by atoms with Crippen molar-refractivity contribution in [2.45, 2.75) is 126 Å². The number of rotatable bonds is 7. The highest BCUT2D eigenvalue weighted by molar-refractivity contribution is 5.73. The standard InChI is InChI=1S/C32H45NO13/c1-13(35)33-22-24(37)23(36)20(12-34)44-30(22)45-21-8-7-19-18-5-3-14-11-15(4-6-16(14)17(18)9-10-32(19,21)2)43-31-27(40)25(38)26(39)28(46-31)29(41)42/h4,6,11,17-28,30-31,34,36-40H,3,5,7-10,12H2,1-2H3,(H,33,35)(H,41,42)/t17-,18-,19+,20-,21-,22-,23-,24-,25+,26+,27-,28+,30-,31+,32+/m1/s1. The molecular formula is C32H45NO13. The number of aliphatic hydroxyl groups excluding tert-OH is 6. The van der Waals surface area contributed by atoms with Crippen molar-refractivity contribution in [1.29, 1.82) is 0 Å². The highest BCUT2D eigenvalue weighted by atomic mass is 16.7. The van der Waals surface area contributed by atoms with Gasteiger partial charge in [0.2, 0.25) is 12.2 Å². The molecule has 3 aliphatic carbocycles. The fourth-order valence-corrected chi connectivity index (χ4v) is 8.84. The summed E-state index contributed by atoms with van der Waals surface area (Å²) in [6.45, 7) is 3.04. The fourth-order valence-electron chi connectivity index (χ4n) is 8.84. The van der Waals surface area contributed by atoms with Crippen LogP contribution in [0.15, 0.2) is 18.2 Å². The van der Waals surface area contributed by atoms with Crippen LogP contribution in [0.3, 0.4) is 0 Å². The van der Waals surface area contributed by atoms with Crippen LogP contribution in [0.4, 0.5) is 0 Å². The van der Waals surface area contributed by atoms with Crippen LogP contribution in [0.2, 0.25) is 0 Å². The van der Waals surface area contributed by atoms with Gasteiger partial charge in [0.05, 0.1) is 12.7 Å². The van der Waals surface area contributed by atoms with Crippen LogP contribution < -0.4 is 10.1 Å². The Kier molecular flexibility index (Phi) is 9.39. The molecule has 1 aromatic rings. The minimum absolute atomic E-state index is 0.192. The van der Waals surface area contributed by atoms with E-state index in [0.717, 1.165) is 44.1 Å². The number of carboxylic acids is 1. The van der Waals surface area contributed by atoms with Gasteiger partial charge in [-0.25, -0.2) is 4.79 Å². The van der Waals surface area contributed by atoms with Crippen molar-refractivity contribution < 1.29 is 64.3 Å². The molecule has 2 saturated carbocycles. The molecule has 8 N–H and O–H groups in total. The maximum atomic E-state index is 11.9. The molecule has 1 aromatic carbocycles. The molecule has 2 aliphatic heterocycles. The van der Waals surface area contributed by atoms with Crippen molar-refractivity contribution in [3.05, 3.63) is 29.3 Å². The van der Waals surface area contributed by atoms with Crippen molar-refractivity contribution in [3.63, 3.8) is 0 Å². The Morgan fingerprint density at radius 1 is 0.957 bits per heavy atom. The molecule has 14 nitrogen and oxygen atoms in total. The van der Waals surface area contributed by atoms with E-state index in [1.54, 1.807) is 6.07 Å². The molecule has 0 spiro atoms. The Morgan fingerprint density at radius 2 is 1.72 bits per heavy atom. The molecule has 46 heavy (non-hydrogen) atoms. The summed E-state index contributed by atoms with van der Waals surface area (Å²) < 4.78 is 23.5. The Labute approximate surface area is 266 Å². The van der Waals surface area contributed by atoms with Gasteiger partial charge in [0.15, 0.2) is 12.4 Å². The molecule has 1 amide bonds. The summed E-state index contributed by atoms with van der Waals surface area (Å²) in [6.07, 6.45) is -8.28. The van der Waals surface area contributed by atoms with Gasteiger partial charge in [0.1, 0.15) is 48.4 Å². The quantitative estimate of drug-likeness (QED) is 0.180. The van der Waals surface area contributed by atoms with E-state index in [4.69, 9.17) is 18.9 Å². The van der Waals surface area contributed by atoms with Crippen molar-refractivity contribution in [2.24, 2.45) is 17.3 Å². The zero-order valence-corrected chi connectivity index (χ0v) is 25.8. The number of hydrogen-bond donors (Lipinski definition) is 8. The second-order valence-electron chi connectivity index (χ2n) is 13.8. The number of carbonyl (C=O) groups is 2. The van der Waals surface area contributed by atoms with Crippen LogP contribution in [0, 0.1) is 17.3 Å². The van der Waals surface area contributed by atoms with Gasteiger partial charge in [-0.15, -0.1) is 0 Å². The van der Waals surface area contributed by atoms with Crippen LogP contribution in [-0.2, 0) is 30.2 Å². The molecule has 6 rings (SSSR count). The molecular weight excluding hydrogens is 606 g/mol. The van der Waals surface area contributed by atoms with E-state index >= 15 is 0 Å². The molecule has 0 bridgehead atoms. The Hall–Kier alpha value is -2.40. The molecule has 2 heterocycles. The lowest BCUT2D eigenvalue weighted by molar-refractivity contribution is -0.291. The lowest BCUT2D eigenvalue weighted by atomic mass is 9.55. The van der Waals surface area contributed by atoms with Gasteiger partial charge in [0, 0.05) is 6.92 Å². The first-order valence-corrected chi connectivity index (χ1v) is 16.1. The normalized spacial score (nSPS) is 45.2. The Morgan fingerprint density at radius 3 is 2.41 bits per heavy atom. The highest BCUT2D eigenvalue weighted by Gasteiger charge is 2.57. The second-order valence-corrected chi connectivity index (χ2v) is 13.8. The summed E-state index contributed by atoms with van der Waals surface area (Å²) in [7, 11) is 0. The number of aryl methyl sites for hydroxylation is 1. The maximum Gasteiger partial charge on any atom is 0.335 e. The largest absolute Gasteiger partial charge is 0.479 e. The number of amides is 1. The van der Waals surface area contributed by atoms with E-state index in [1.807, 2.05) is 12.1 Å². The number of aliphatic carboxylic acids is 1. The van der Waals surface area contributed by atoms with Crippen molar-refractivity contribution >= 4 is 11.9 Å². The third kappa shape index (κ3) is 5.81. The summed E-state index contributed by atoms with van der Waals surface area (Å²) in [5.74, 6) is -0.480. The second kappa shape index (κ2) is 12.9. The minimum atomic E-state index is -1.80. The molecule has 0 radical (unpaired) electrons. The number of aliphatic hydroxyl groups is 6. The number of hydrogen-bond acceptors (Lipinski definition) is 12. The smallest absolute Gasteiger partial charge is 0.335 e. The summed E-state index contributed by atoms with van der Waals surface area (Å²) in [4.78, 5) is 23.4. The van der Waals surface area contributed by atoms with Gasteiger partial charge in [-0.1, -0.05) is 13.0 Å². The van der Waals surface area contributed by atoms with Gasteiger partial charge in [-0.2, -0.15) is 0 Å². The molecule has 2 saturated heterocycles. The number of ether oxygens (including phenoxy) is 4. The SMILES string of the molecule is CC(=O)N[C@H]1[C@@H](O[C@@H]2CC[C@H]3[C@@H]4CCc5cc(O[C@H]6O[C@H](C(=O)O)[C@@H](O)[C@H](O)[C@H]6O)ccc5[C@H]4CC[C@]23C)O[C@H](CO)[C@@H](O)[C@@H]1O. The third-order valence-corrected chi connectivity index (χ3v) is 11.2. The number of carbonyl (C=O) groups excluding carboxylic acids is 1. The number of fused-ring (bicyclic) bond motifs is 5. The fraction of sp³-hybridized carbons (Fsp3) is 0.750. The van der Waals surface area contributed by atoms with E-state index < -0.39 is 79.8 Å². The molecule has 0 unspecified atom stereocenters. The van der Waals surface area contributed by atoms with E-state index in [0.29, 0.717) is 23.5 Å². The van der Waals surface area contributed by atoms with Crippen LogP contribution in [0.1, 0.15) is 63.0 Å². The zero-order chi connectivity index (χ0) is 33.1. The Bertz CT molecular complexity index is 1300. The average molecular weight is 652 g/mol. The van der Waals surface area contributed by atoms with E-state index in [1.165, 1.54) is 12.5 Å². The van der Waals surface area contributed by atoms with E-state index in [2.05, 4.69) is 12.2 Å². The molecule has 5 aliphatic rings. The summed E-state index contributed by atoms with van der Waals surface area (Å²) in [6, 6.07) is 4.62. The number of carboxylic acid groups (broad SMARTS) is 1. The van der Waals surface area contributed by atoms with Gasteiger partial charge in [-0.05, 0) is 85.0 Å². The maximum absolute atomic E-state index is 11.9. The van der Waals surface area contributed by atoms with Gasteiger partial charge in [-0.3, -0.25) is 4.79 Å².